The molecular weight excluding hydrogens is 334 g/mol. The predicted octanol–water partition coefficient (Wildman–Crippen LogP) is 4.53. The van der Waals surface area contributed by atoms with Gasteiger partial charge in [-0.25, -0.2) is 0 Å². The van der Waals surface area contributed by atoms with Crippen molar-refractivity contribution in [2.45, 2.75) is 45.1 Å². The van der Waals surface area contributed by atoms with E-state index in [9.17, 15) is 0 Å². The summed E-state index contributed by atoms with van der Waals surface area (Å²) in [6.45, 7) is 10.2. The maximum Gasteiger partial charge on any atom is 0.137 e. The summed E-state index contributed by atoms with van der Waals surface area (Å²) in [5.41, 5.74) is 6.62. The Kier molecular flexibility index (Phi) is 3.97. The highest BCUT2D eigenvalue weighted by atomic mass is 16.5. The summed E-state index contributed by atoms with van der Waals surface area (Å²) in [4.78, 5) is 6.13. The van der Waals surface area contributed by atoms with Crippen LogP contribution in [0.3, 0.4) is 0 Å². The Morgan fingerprint density at radius 2 is 2.26 bits per heavy atom. The minimum absolute atomic E-state index is 0.567. The van der Waals surface area contributed by atoms with Crippen LogP contribution < -0.4 is 0 Å². The number of likely N-dealkylation sites (tertiary alicyclic amines) is 1. The van der Waals surface area contributed by atoms with E-state index in [1.807, 2.05) is 6.92 Å². The van der Waals surface area contributed by atoms with E-state index in [2.05, 4.69) is 59.0 Å². The molecule has 0 bridgehead atoms. The zero-order chi connectivity index (χ0) is 18.5. The highest BCUT2D eigenvalue weighted by Crippen LogP contribution is 2.45. The highest BCUT2D eigenvalue weighted by Gasteiger charge is 2.40. The molecule has 1 aliphatic heterocycles. The van der Waals surface area contributed by atoms with Crippen LogP contribution in [-0.2, 0) is 12.8 Å². The molecule has 4 nitrogen and oxygen atoms in total. The quantitative estimate of drug-likeness (QED) is 0.694. The number of fused-ring (bicyclic) bond motifs is 2. The topological polar surface area (TPSA) is 45.1 Å². The van der Waals surface area contributed by atoms with Crippen LogP contribution in [0.15, 0.2) is 41.6 Å². The molecule has 1 aromatic carbocycles. The Bertz CT molecular complexity index is 979. The van der Waals surface area contributed by atoms with E-state index in [-0.39, 0.29) is 0 Å². The average Bonchev–Trinajstić information content (AvgIpc) is 3.22. The number of aryl methyl sites for hydroxylation is 2. The van der Waals surface area contributed by atoms with E-state index in [0.717, 1.165) is 37.4 Å². The monoisotopic (exact) mass is 361 g/mol. The first-order valence-corrected chi connectivity index (χ1v) is 10.0. The maximum atomic E-state index is 5.42. The van der Waals surface area contributed by atoms with E-state index < -0.39 is 0 Å². The number of nitrogens with zero attached hydrogens (tertiary/aromatic N) is 2. The lowest BCUT2D eigenvalue weighted by atomic mass is 9.71. The van der Waals surface area contributed by atoms with Crippen molar-refractivity contribution in [2.24, 2.45) is 5.92 Å². The van der Waals surface area contributed by atoms with Gasteiger partial charge in [0, 0.05) is 47.7 Å². The minimum atomic E-state index is 0.567. The number of piperidine rings is 1. The molecule has 1 unspecified atom stereocenters. The zero-order valence-corrected chi connectivity index (χ0v) is 16.2. The van der Waals surface area contributed by atoms with Gasteiger partial charge in [-0.15, -0.1) is 6.58 Å². The zero-order valence-electron chi connectivity index (χ0n) is 16.2. The van der Waals surface area contributed by atoms with Gasteiger partial charge in [-0.2, -0.15) is 0 Å². The SMILES string of the molecule is C=CCN1CC(Cc2c(C)noc2C)C[C@@H]2c3cccc4[nH]cc(c34)C[C@H]21. The van der Waals surface area contributed by atoms with E-state index in [1.54, 1.807) is 0 Å². The van der Waals surface area contributed by atoms with Crippen LogP contribution in [0.4, 0.5) is 0 Å². The van der Waals surface area contributed by atoms with Gasteiger partial charge in [0.15, 0.2) is 0 Å². The number of rotatable bonds is 4. The molecule has 5 rings (SSSR count). The number of aromatic nitrogens is 2. The summed E-state index contributed by atoms with van der Waals surface area (Å²) in [5, 5.41) is 5.63. The molecule has 3 heterocycles. The Hall–Kier alpha value is -2.33. The summed E-state index contributed by atoms with van der Waals surface area (Å²) in [7, 11) is 0. The smallest absolute Gasteiger partial charge is 0.137 e. The fourth-order valence-corrected chi connectivity index (χ4v) is 5.50. The van der Waals surface area contributed by atoms with Gasteiger partial charge in [-0.05, 0) is 56.2 Å². The lowest BCUT2D eigenvalue weighted by molar-refractivity contribution is 0.0963. The van der Waals surface area contributed by atoms with Gasteiger partial charge in [-0.1, -0.05) is 23.4 Å². The number of benzene rings is 1. The van der Waals surface area contributed by atoms with Crippen molar-refractivity contribution in [3.63, 3.8) is 0 Å². The molecule has 1 saturated heterocycles. The molecule has 0 amide bonds. The third-order valence-corrected chi connectivity index (χ3v) is 6.70. The Balaban J connectivity index is 1.52. The van der Waals surface area contributed by atoms with Crippen LogP contribution in [0, 0.1) is 19.8 Å². The first-order valence-electron chi connectivity index (χ1n) is 10.0. The fraction of sp³-hybridized carbons (Fsp3) is 0.435. The second-order valence-corrected chi connectivity index (χ2v) is 8.31. The maximum absolute atomic E-state index is 5.42. The average molecular weight is 361 g/mol. The lowest BCUT2D eigenvalue weighted by Gasteiger charge is -2.47. The van der Waals surface area contributed by atoms with Crippen LogP contribution >= 0.6 is 0 Å². The summed E-state index contributed by atoms with van der Waals surface area (Å²) in [6, 6.07) is 7.32. The van der Waals surface area contributed by atoms with Gasteiger partial charge in [0.2, 0.25) is 0 Å². The van der Waals surface area contributed by atoms with Crippen molar-refractivity contribution in [2.75, 3.05) is 13.1 Å². The molecule has 4 heteroatoms. The van der Waals surface area contributed by atoms with E-state index in [4.69, 9.17) is 4.52 Å². The van der Waals surface area contributed by atoms with E-state index >= 15 is 0 Å². The Labute approximate surface area is 160 Å². The standard InChI is InChI=1S/C23H27N3O/c1-4-8-26-13-16(9-19-14(2)25-27-15(19)3)10-20-18-6-5-7-21-23(18)17(12-24-21)11-22(20)26/h4-7,12,16,20,22,24H,1,8-11,13H2,2-3H3/t16?,20-,22-/m1/s1. The van der Waals surface area contributed by atoms with Gasteiger partial charge < -0.3 is 9.51 Å². The second kappa shape index (κ2) is 6.38. The highest BCUT2D eigenvalue weighted by molar-refractivity contribution is 5.88. The fourth-order valence-electron chi connectivity index (χ4n) is 5.50. The molecule has 27 heavy (non-hydrogen) atoms. The van der Waals surface area contributed by atoms with Gasteiger partial charge in [0.05, 0.1) is 5.69 Å². The van der Waals surface area contributed by atoms with Crippen molar-refractivity contribution < 1.29 is 4.52 Å². The number of nitrogens with one attached hydrogen (secondary N) is 1. The molecular formula is C23H27N3O. The number of hydrogen-bond acceptors (Lipinski definition) is 3. The lowest BCUT2D eigenvalue weighted by Crippen LogP contribution is -2.50. The normalized spacial score (nSPS) is 24.9. The molecule has 2 aliphatic rings. The van der Waals surface area contributed by atoms with Gasteiger partial charge in [-0.3, -0.25) is 4.90 Å². The molecule has 0 saturated carbocycles. The van der Waals surface area contributed by atoms with Gasteiger partial charge in [0.25, 0.3) is 0 Å². The second-order valence-electron chi connectivity index (χ2n) is 8.31. The summed E-state index contributed by atoms with van der Waals surface area (Å²) < 4.78 is 5.42. The third kappa shape index (κ3) is 2.66. The van der Waals surface area contributed by atoms with Crippen molar-refractivity contribution in [3.8, 4) is 0 Å². The number of hydrogen-bond donors (Lipinski definition) is 1. The molecule has 2 aromatic heterocycles. The first-order chi connectivity index (χ1) is 13.2. The predicted molar refractivity (Wildman–Crippen MR) is 108 cm³/mol. The molecule has 0 radical (unpaired) electrons. The Morgan fingerprint density at radius 3 is 3.04 bits per heavy atom. The van der Waals surface area contributed by atoms with Crippen LogP contribution in [0.25, 0.3) is 10.9 Å². The van der Waals surface area contributed by atoms with Crippen LogP contribution in [0.5, 0.6) is 0 Å². The first kappa shape index (κ1) is 16.8. The van der Waals surface area contributed by atoms with Crippen LogP contribution in [0.1, 0.15) is 40.5 Å². The molecule has 0 spiro atoms. The molecule has 3 atom stereocenters. The van der Waals surface area contributed by atoms with Crippen molar-refractivity contribution >= 4 is 10.9 Å². The molecule has 1 N–H and O–H groups in total. The largest absolute Gasteiger partial charge is 0.361 e. The van der Waals surface area contributed by atoms with Gasteiger partial charge in [0.1, 0.15) is 5.76 Å². The summed E-state index contributed by atoms with van der Waals surface area (Å²) in [5.74, 6) is 2.17. The molecule has 140 valence electrons. The molecule has 1 fully saturated rings. The van der Waals surface area contributed by atoms with E-state index in [1.165, 1.54) is 34.0 Å². The molecule has 1 aliphatic carbocycles. The van der Waals surface area contributed by atoms with Crippen molar-refractivity contribution in [1.82, 2.24) is 15.0 Å². The third-order valence-electron chi connectivity index (χ3n) is 6.70. The van der Waals surface area contributed by atoms with Crippen molar-refractivity contribution in [1.29, 1.82) is 0 Å². The molecule has 3 aromatic rings. The minimum Gasteiger partial charge on any atom is -0.361 e. The Morgan fingerprint density at radius 1 is 1.37 bits per heavy atom. The van der Waals surface area contributed by atoms with E-state index in [0.29, 0.717) is 17.9 Å². The number of aromatic amines is 1. The summed E-state index contributed by atoms with van der Waals surface area (Å²) >= 11 is 0. The summed E-state index contributed by atoms with van der Waals surface area (Å²) in [6.07, 6.45) is 7.68. The number of H-pyrrole nitrogens is 1. The van der Waals surface area contributed by atoms with Crippen molar-refractivity contribution in [3.05, 3.63) is 65.2 Å². The van der Waals surface area contributed by atoms with Crippen LogP contribution in [-0.4, -0.2) is 34.2 Å². The van der Waals surface area contributed by atoms with Gasteiger partial charge >= 0.3 is 0 Å². The van der Waals surface area contributed by atoms with Crippen LogP contribution in [0.2, 0.25) is 0 Å².